The summed E-state index contributed by atoms with van der Waals surface area (Å²) in [4.78, 5) is 11.2. The zero-order valence-electron chi connectivity index (χ0n) is 11.5. The van der Waals surface area contributed by atoms with Crippen molar-refractivity contribution < 1.29 is 14.4 Å². The van der Waals surface area contributed by atoms with Crippen molar-refractivity contribution in [3.8, 4) is 0 Å². The van der Waals surface area contributed by atoms with Crippen LogP contribution in [-0.4, -0.2) is 55.8 Å². The minimum absolute atomic E-state index is 0.0596. The summed E-state index contributed by atoms with van der Waals surface area (Å²) in [7, 11) is 4.36. The van der Waals surface area contributed by atoms with E-state index in [1.54, 1.807) is 6.92 Å². The topological polar surface area (TPSA) is 49.3 Å². The van der Waals surface area contributed by atoms with Crippen molar-refractivity contribution in [2.45, 2.75) is 26.2 Å². The summed E-state index contributed by atoms with van der Waals surface area (Å²) in [6.07, 6.45) is 2.88. The summed E-state index contributed by atoms with van der Waals surface area (Å²) in [5.74, 6) is -0.0596. The van der Waals surface area contributed by atoms with Gasteiger partial charge < -0.3 is 14.9 Å². The van der Waals surface area contributed by atoms with Crippen molar-refractivity contribution in [1.29, 1.82) is 0 Å². The molecular weight excluding hydrogens is 216 g/mol. The van der Waals surface area contributed by atoms with Gasteiger partial charge in [0.05, 0.1) is 27.2 Å². The van der Waals surface area contributed by atoms with Crippen LogP contribution in [0.5, 0.6) is 0 Å². The molecule has 0 saturated carbocycles. The van der Waals surface area contributed by atoms with Gasteiger partial charge in [-0.05, 0) is 19.8 Å². The Morgan fingerprint density at radius 2 is 1.82 bits per heavy atom. The fourth-order valence-corrected chi connectivity index (χ4v) is 1.62. The second-order valence-corrected chi connectivity index (χ2v) is 5.20. The molecule has 0 bridgehead atoms. The molecule has 1 amide bonds. The van der Waals surface area contributed by atoms with Crippen LogP contribution in [0.3, 0.4) is 0 Å². The standard InChI is InChI=1S/C13H26N2O2/c1-12(2)13(17)14-8-7-10-15(3,4)9-5-6-11-16/h16H,1,5-11H2,2-4H3/p+1. The van der Waals surface area contributed by atoms with E-state index in [0.717, 1.165) is 36.8 Å². The van der Waals surface area contributed by atoms with Crippen LogP contribution >= 0.6 is 0 Å². The number of nitrogens with one attached hydrogen (secondary N) is 1. The minimum Gasteiger partial charge on any atom is -0.396 e. The Morgan fingerprint density at radius 1 is 1.24 bits per heavy atom. The maximum Gasteiger partial charge on any atom is 0.246 e. The molecule has 0 aliphatic heterocycles. The van der Waals surface area contributed by atoms with E-state index in [1.807, 2.05) is 0 Å². The lowest BCUT2D eigenvalue weighted by molar-refractivity contribution is -0.890. The highest BCUT2D eigenvalue weighted by Gasteiger charge is 2.13. The molecule has 0 aromatic heterocycles. The van der Waals surface area contributed by atoms with Crippen LogP contribution in [0.25, 0.3) is 0 Å². The van der Waals surface area contributed by atoms with E-state index < -0.39 is 0 Å². The number of unbranched alkanes of at least 4 members (excludes halogenated alkanes) is 1. The zero-order valence-corrected chi connectivity index (χ0v) is 11.5. The Labute approximate surface area is 105 Å². The quantitative estimate of drug-likeness (QED) is 0.359. The van der Waals surface area contributed by atoms with Crippen molar-refractivity contribution in [3.05, 3.63) is 12.2 Å². The van der Waals surface area contributed by atoms with Gasteiger partial charge in [0.2, 0.25) is 5.91 Å². The van der Waals surface area contributed by atoms with Gasteiger partial charge in [-0.3, -0.25) is 4.79 Å². The number of amides is 1. The number of carbonyl (C=O) groups is 1. The SMILES string of the molecule is C=C(C)C(=O)NCCC[N+](C)(C)CCCCO. The predicted molar refractivity (Wildman–Crippen MR) is 70.6 cm³/mol. The average Bonchev–Trinajstić information content (AvgIpc) is 2.24. The van der Waals surface area contributed by atoms with Crippen LogP contribution in [0.1, 0.15) is 26.2 Å². The predicted octanol–water partition coefficient (Wildman–Crippen LogP) is 0.918. The largest absolute Gasteiger partial charge is 0.396 e. The van der Waals surface area contributed by atoms with Gasteiger partial charge in [-0.15, -0.1) is 0 Å². The van der Waals surface area contributed by atoms with Crippen molar-refractivity contribution in [2.24, 2.45) is 0 Å². The fourth-order valence-electron chi connectivity index (χ4n) is 1.62. The number of carbonyl (C=O) groups excluding carboxylic acids is 1. The van der Waals surface area contributed by atoms with Crippen LogP contribution in [0.4, 0.5) is 0 Å². The molecule has 0 aromatic rings. The second kappa shape index (κ2) is 8.25. The first-order valence-corrected chi connectivity index (χ1v) is 6.25. The Bertz CT molecular complexity index is 250. The molecular formula is C13H27N2O2+. The molecule has 0 radical (unpaired) electrons. The normalized spacial score (nSPS) is 11.3. The van der Waals surface area contributed by atoms with Crippen molar-refractivity contribution in [1.82, 2.24) is 5.32 Å². The Morgan fingerprint density at radius 3 is 2.35 bits per heavy atom. The van der Waals surface area contributed by atoms with E-state index in [-0.39, 0.29) is 12.5 Å². The van der Waals surface area contributed by atoms with E-state index in [1.165, 1.54) is 0 Å². The number of quaternary nitrogens is 1. The molecule has 2 N–H and O–H groups in total. The highest BCUT2D eigenvalue weighted by Crippen LogP contribution is 2.02. The van der Waals surface area contributed by atoms with Gasteiger partial charge in [-0.25, -0.2) is 0 Å². The number of rotatable bonds is 9. The van der Waals surface area contributed by atoms with Crippen LogP contribution in [0, 0.1) is 0 Å². The summed E-state index contributed by atoms with van der Waals surface area (Å²) in [6.45, 7) is 8.37. The molecule has 0 rings (SSSR count). The number of aliphatic hydroxyl groups excluding tert-OH is 1. The first-order chi connectivity index (χ1) is 7.89. The van der Waals surface area contributed by atoms with Crippen molar-refractivity contribution in [2.75, 3.05) is 40.3 Å². The Balaban J connectivity index is 3.64. The Kier molecular flexibility index (Phi) is 7.83. The molecule has 0 heterocycles. The van der Waals surface area contributed by atoms with Gasteiger partial charge in [-0.2, -0.15) is 0 Å². The third-order valence-electron chi connectivity index (χ3n) is 2.78. The van der Waals surface area contributed by atoms with E-state index in [0.29, 0.717) is 12.1 Å². The van der Waals surface area contributed by atoms with E-state index in [2.05, 4.69) is 26.0 Å². The van der Waals surface area contributed by atoms with Gasteiger partial charge in [0.25, 0.3) is 0 Å². The summed E-state index contributed by atoms with van der Waals surface area (Å²) < 4.78 is 0.933. The lowest BCUT2D eigenvalue weighted by Crippen LogP contribution is -2.42. The molecule has 0 aliphatic carbocycles. The third kappa shape index (κ3) is 8.89. The van der Waals surface area contributed by atoms with Gasteiger partial charge in [0, 0.05) is 25.1 Å². The van der Waals surface area contributed by atoms with Gasteiger partial charge >= 0.3 is 0 Å². The first kappa shape index (κ1) is 16.1. The molecule has 17 heavy (non-hydrogen) atoms. The van der Waals surface area contributed by atoms with Gasteiger partial charge in [0.1, 0.15) is 0 Å². The molecule has 100 valence electrons. The van der Waals surface area contributed by atoms with Crippen LogP contribution in [0.15, 0.2) is 12.2 Å². The molecule has 0 saturated heterocycles. The minimum atomic E-state index is -0.0596. The molecule has 4 nitrogen and oxygen atoms in total. The van der Waals surface area contributed by atoms with Crippen LogP contribution < -0.4 is 5.32 Å². The van der Waals surface area contributed by atoms with Crippen molar-refractivity contribution >= 4 is 5.91 Å². The average molecular weight is 243 g/mol. The smallest absolute Gasteiger partial charge is 0.246 e. The molecule has 0 atom stereocenters. The molecule has 0 aliphatic rings. The first-order valence-electron chi connectivity index (χ1n) is 6.25. The van der Waals surface area contributed by atoms with E-state index in [4.69, 9.17) is 5.11 Å². The molecule has 4 heteroatoms. The van der Waals surface area contributed by atoms with Gasteiger partial charge in [0.15, 0.2) is 0 Å². The number of hydrogen-bond donors (Lipinski definition) is 2. The highest BCUT2D eigenvalue weighted by molar-refractivity contribution is 5.91. The maximum absolute atomic E-state index is 11.2. The third-order valence-corrected chi connectivity index (χ3v) is 2.78. The highest BCUT2D eigenvalue weighted by atomic mass is 16.2. The lowest BCUT2D eigenvalue weighted by Gasteiger charge is -2.29. The van der Waals surface area contributed by atoms with Crippen LogP contribution in [-0.2, 0) is 4.79 Å². The summed E-state index contributed by atoms with van der Waals surface area (Å²) >= 11 is 0. The maximum atomic E-state index is 11.2. The Hall–Kier alpha value is -0.870. The summed E-state index contributed by atoms with van der Waals surface area (Å²) in [5.41, 5.74) is 0.557. The number of hydrogen-bond acceptors (Lipinski definition) is 2. The molecule has 0 aromatic carbocycles. The number of aliphatic hydroxyl groups is 1. The lowest BCUT2D eigenvalue weighted by atomic mass is 10.2. The zero-order chi connectivity index (χ0) is 13.3. The van der Waals surface area contributed by atoms with Crippen LogP contribution in [0.2, 0.25) is 0 Å². The van der Waals surface area contributed by atoms with Crippen molar-refractivity contribution in [3.63, 3.8) is 0 Å². The van der Waals surface area contributed by atoms with E-state index in [9.17, 15) is 4.79 Å². The van der Waals surface area contributed by atoms with Gasteiger partial charge in [-0.1, -0.05) is 6.58 Å². The summed E-state index contributed by atoms with van der Waals surface area (Å²) in [5, 5.41) is 11.6. The molecule has 0 fully saturated rings. The number of nitrogens with zero attached hydrogens (tertiary/aromatic N) is 1. The summed E-state index contributed by atoms with van der Waals surface area (Å²) in [6, 6.07) is 0. The van der Waals surface area contributed by atoms with E-state index >= 15 is 0 Å². The molecule has 0 spiro atoms. The molecule has 0 unspecified atom stereocenters. The second-order valence-electron chi connectivity index (χ2n) is 5.20. The monoisotopic (exact) mass is 243 g/mol. The fraction of sp³-hybridized carbons (Fsp3) is 0.769.